The third-order valence-electron chi connectivity index (χ3n) is 3.50. The maximum Gasteiger partial charge on any atom is 0.135 e. The van der Waals surface area contributed by atoms with Gasteiger partial charge >= 0.3 is 0 Å². The van der Waals surface area contributed by atoms with Gasteiger partial charge in [0.1, 0.15) is 11.2 Å². The van der Waals surface area contributed by atoms with Crippen molar-refractivity contribution in [3.8, 4) is 0 Å². The van der Waals surface area contributed by atoms with E-state index in [4.69, 9.17) is 4.42 Å². The molecule has 2 heterocycles. The van der Waals surface area contributed by atoms with Crippen LogP contribution in [0.4, 0.5) is 0 Å². The summed E-state index contributed by atoms with van der Waals surface area (Å²) in [5.41, 5.74) is 1.81. The smallest absolute Gasteiger partial charge is 0.135 e. The molecule has 2 aromatic heterocycles. The molecule has 0 N–H and O–H groups in total. The van der Waals surface area contributed by atoms with Gasteiger partial charge in [0.15, 0.2) is 0 Å². The maximum absolute atomic E-state index is 6.12. The van der Waals surface area contributed by atoms with E-state index in [9.17, 15) is 0 Å². The first-order valence-electron chi connectivity index (χ1n) is 6.38. The summed E-state index contributed by atoms with van der Waals surface area (Å²) in [6.07, 6.45) is 0. The largest absolute Gasteiger partial charge is 0.456 e. The van der Waals surface area contributed by atoms with Gasteiger partial charge in [-0.25, -0.2) is 0 Å². The lowest BCUT2D eigenvalue weighted by Gasteiger charge is -1.95. The van der Waals surface area contributed by atoms with Crippen molar-refractivity contribution in [3.63, 3.8) is 0 Å². The molecule has 1 heteroatoms. The lowest BCUT2D eigenvalue weighted by atomic mass is 10.1. The van der Waals surface area contributed by atoms with Crippen LogP contribution in [0.1, 0.15) is 0 Å². The van der Waals surface area contributed by atoms with Gasteiger partial charge in [-0.2, -0.15) is 0 Å². The molecule has 90 valence electrons. The summed E-state index contributed by atoms with van der Waals surface area (Å²) in [4.78, 5) is 0. The molecular weight excluding hydrogens is 232 g/mol. The van der Waals surface area contributed by atoms with Gasteiger partial charge in [-0.3, -0.25) is 0 Å². The fourth-order valence-corrected chi connectivity index (χ4v) is 2.54. The van der Waals surface area contributed by atoms with E-state index in [1.165, 1.54) is 10.8 Å². The second kappa shape index (κ2) is 3.99. The molecule has 3 aromatic carbocycles. The van der Waals surface area contributed by atoms with Crippen LogP contribution in [0.5, 0.6) is 0 Å². The summed E-state index contributed by atoms with van der Waals surface area (Å²) in [6, 6.07) is 24.9. The highest BCUT2D eigenvalue weighted by Gasteiger charge is 2.00. The molecule has 0 aliphatic rings. The molecule has 1 nitrogen and oxygen atoms in total. The van der Waals surface area contributed by atoms with Crippen LogP contribution in [0.15, 0.2) is 77.2 Å². The third kappa shape index (κ3) is 1.63. The highest BCUT2D eigenvalue weighted by Crippen LogP contribution is 2.25. The van der Waals surface area contributed by atoms with Crippen LogP contribution in [0.25, 0.3) is 32.7 Å². The van der Waals surface area contributed by atoms with Crippen LogP contribution in [-0.2, 0) is 0 Å². The van der Waals surface area contributed by atoms with Gasteiger partial charge in [0.2, 0.25) is 0 Å². The highest BCUT2D eigenvalue weighted by atomic mass is 16.3. The predicted octanol–water partition coefficient (Wildman–Crippen LogP) is 5.30. The van der Waals surface area contributed by atoms with Crippen molar-refractivity contribution >= 4 is 32.7 Å². The molecule has 0 amide bonds. The first-order valence-corrected chi connectivity index (χ1v) is 6.38. The Kier molecular flexibility index (Phi) is 2.18. The fourth-order valence-electron chi connectivity index (χ4n) is 2.54. The van der Waals surface area contributed by atoms with Crippen molar-refractivity contribution < 1.29 is 4.42 Å². The number of benzene rings is 3. The summed E-state index contributed by atoms with van der Waals surface area (Å²) >= 11 is 0. The minimum absolute atomic E-state index is 0.905. The molecule has 5 aromatic rings. The molecule has 0 aliphatic carbocycles. The first kappa shape index (κ1) is 10.4. The van der Waals surface area contributed by atoms with E-state index in [0.717, 1.165) is 21.9 Å². The van der Waals surface area contributed by atoms with Crippen LogP contribution in [-0.4, -0.2) is 0 Å². The van der Waals surface area contributed by atoms with Crippen molar-refractivity contribution in [2.24, 2.45) is 0 Å². The van der Waals surface area contributed by atoms with Crippen LogP contribution >= 0.6 is 0 Å². The van der Waals surface area contributed by atoms with E-state index >= 15 is 0 Å². The van der Waals surface area contributed by atoms with Gasteiger partial charge < -0.3 is 4.42 Å². The van der Waals surface area contributed by atoms with Crippen molar-refractivity contribution in [1.82, 2.24) is 0 Å². The zero-order chi connectivity index (χ0) is 12.7. The Morgan fingerprint density at radius 3 is 1.37 bits per heavy atom. The fraction of sp³-hybridized carbons (Fsp3) is 0. The third-order valence-corrected chi connectivity index (χ3v) is 3.50. The number of fused-ring (bicyclic) bond motifs is 2. The molecule has 0 fully saturated rings. The molecule has 5 rings (SSSR count). The van der Waals surface area contributed by atoms with Gasteiger partial charge in [0, 0.05) is 10.8 Å². The quantitative estimate of drug-likeness (QED) is 0.409. The molecule has 0 aliphatic heterocycles. The Morgan fingerprint density at radius 2 is 0.895 bits per heavy atom. The highest BCUT2D eigenvalue weighted by molar-refractivity contribution is 6.00. The Hall–Kier alpha value is -2.54. The summed E-state index contributed by atoms with van der Waals surface area (Å²) in [5, 5.41) is 4.64. The van der Waals surface area contributed by atoms with E-state index in [-0.39, 0.29) is 0 Å². The van der Waals surface area contributed by atoms with Crippen molar-refractivity contribution in [2.45, 2.75) is 0 Å². The molecule has 0 spiro atoms. The SMILES string of the molecule is c1ccc2c3ccc(cc3)c3ccccc3oc2c1. The molecule has 0 atom stereocenters. The Bertz CT molecular complexity index is 821. The Labute approximate surface area is 110 Å². The van der Waals surface area contributed by atoms with E-state index in [1.54, 1.807) is 0 Å². The van der Waals surface area contributed by atoms with Crippen LogP contribution < -0.4 is 0 Å². The van der Waals surface area contributed by atoms with Crippen molar-refractivity contribution in [3.05, 3.63) is 72.8 Å². The maximum atomic E-state index is 6.12. The average Bonchev–Trinajstić information content (AvgIpc) is 2.58. The van der Waals surface area contributed by atoms with Gasteiger partial charge in [0.05, 0.1) is 0 Å². The van der Waals surface area contributed by atoms with E-state index in [2.05, 4.69) is 36.4 Å². The minimum Gasteiger partial charge on any atom is -0.456 e. The summed E-state index contributed by atoms with van der Waals surface area (Å²) < 4.78 is 6.12. The standard InChI is InChI=1S/C18H12O/c1-3-7-17-15(5-1)13-9-11-14(12-10-13)16-6-2-4-8-18(16)19-17/h1-12H. The number of rotatable bonds is 0. The summed E-state index contributed by atoms with van der Waals surface area (Å²) in [5.74, 6) is 0. The van der Waals surface area contributed by atoms with Crippen LogP contribution in [0.2, 0.25) is 0 Å². The molecule has 0 radical (unpaired) electrons. The average molecular weight is 244 g/mol. The first-order chi connectivity index (χ1) is 9.42. The zero-order valence-electron chi connectivity index (χ0n) is 10.3. The van der Waals surface area contributed by atoms with Crippen LogP contribution in [0.3, 0.4) is 0 Å². The monoisotopic (exact) mass is 244 g/mol. The van der Waals surface area contributed by atoms with Gasteiger partial charge in [-0.05, 0) is 22.9 Å². The van der Waals surface area contributed by atoms with Crippen molar-refractivity contribution in [2.75, 3.05) is 0 Å². The van der Waals surface area contributed by atoms with Gasteiger partial charge in [-0.1, -0.05) is 60.7 Å². The molecule has 0 saturated carbocycles. The summed E-state index contributed by atoms with van der Waals surface area (Å²) in [7, 11) is 0. The van der Waals surface area contributed by atoms with E-state index in [1.807, 2.05) is 36.4 Å². The Balaban J connectivity index is 2.41. The molecule has 0 unspecified atom stereocenters. The second-order valence-electron chi connectivity index (χ2n) is 4.67. The van der Waals surface area contributed by atoms with Gasteiger partial charge in [0.25, 0.3) is 0 Å². The zero-order valence-corrected chi connectivity index (χ0v) is 10.3. The number of hydrogen-bond donors (Lipinski definition) is 0. The second-order valence-corrected chi connectivity index (χ2v) is 4.67. The molecular formula is C18H12O. The van der Waals surface area contributed by atoms with Crippen LogP contribution in [0, 0.1) is 0 Å². The number of hydrogen-bond acceptors (Lipinski definition) is 1. The molecule has 19 heavy (non-hydrogen) atoms. The number of para-hydroxylation sites is 2. The summed E-state index contributed by atoms with van der Waals surface area (Å²) in [6.45, 7) is 0. The minimum atomic E-state index is 0.905. The van der Waals surface area contributed by atoms with Gasteiger partial charge in [-0.15, -0.1) is 0 Å². The van der Waals surface area contributed by atoms with E-state index < -0.39 is 0 Å². The molecule has 0 saturated heterocycles. The topological polar surface area (TPSA) is 13.1 Å². The van der Waals surface area contributed by atoms with Crippen molar-refractivity contribution in [1.29, 1.82) is 0 Å². The normalized spacial score (nSPS) is 11.2. The lowest BCUT2D eigenvalue weighted by Crippen LogP contribution is -1.69. The molecule has 2 bridgehead atoms. The lowest BCUT2D eigenvalue weighted by molar-refractivity contribution is 0.663. The predicted molar refractivity (Wildman–Crippen MR) is 80.0 cm³/mol. The Morgan fingerprint density at radius 1 is 0.474 bits per heavy atom. The van der Waals surface area contributed by atoms with E-state index in [0.29, 0.717) is 0 Å².